The number of ether oxygens (including phenoxy) is 3. The molecule has 4 fully saturated rings. The summed E-state index contributed by atoms with van der Waals surface area (Å²) in [6, 6.07) is 12.2. The van der Waals surface area contributed by atoms with Crippen molar-refractivity contribution in [2.45, 2.75) is 110 Å². The second kappa shape index (κ2) is 19.9. The number of carbonyl (C=O) groups is 2. The van der Waals surface area contributed by atoms with E-state index >= 15 is 0 Å². The molecule has 2 aromatic carbocycles. The van der Waals surface area contributed by atoms with Gasteiger partial charge in [-0.15, -0.1) is 0 Å². The van der Waals surface area contributed by atoms with Crippen molar-refractivity contribution in [3.05, 3.63) is 68.6 Å². The fraction of sp³-hybridized carbons (Fsp3) is 0.689. The minimum absolute atomic E-state index is 0.0406. The molecule has 61 heavy (non-hydrogen) atoms. The molecule has 0 saturated heterocycles. The molecule has 1 heterocycles. The van der Waals surface area contributed by atoms with Gasteiger partial charge < -0.3 is 24.8 Å². The van der Waals surface area contributed by atoms with Gasteiger partial charge >= 0.3 is 11.7 Å². The average molecular weight is 843 g/mol. The van der Waals surface area contributed by atoms with Crippen LogP contribution in [0.1, 0.15) is 97.0 Å². The number of hydrogen-bond acceptors (Lipinski definition) is 12. The highest BCUT2D eigenvalue weighted by Crippen LogP contribution is 2.68. The number of non-ortho nitro benzene ring substituents is 1. The summed E-state index contributed by atoms with van der Waals surface area (Å²) in [5.74, 6) is 3.43. The SMILES string of the molecule is C[C@H](CCC(=O)OCCOCCOCCN=[N+]=[N-])C1CCC2C3CC[C@@H]4C[C@H](NC(=O)C(Cc5ccccc5)Nc5ccc([N+](=O)[O-])c6nonc56)CC[C@]4(C)C3CC[C@@]21C. The number of nitrogens with one attached hydrogen (secondary N) is 2. The molecule has 7 rings (SSSR count). The number of aromatic nitrogens is 2. The average Bonchev–Trinajstić information content (AvgIpc) is 3.89. The summed E-state index contributed by atoms with van der Waals surface area (Å²) in [6.45, 7) is 9.44. The Balaban J connectivity index is 0.905. The second-order valence-corrected chi connectivity index (χ2v) is 18.5. The lowest BCUT2D eigenvalue weighted by Gasteiger charge is -2.61. The maximum atomic E-state index is 14.2. The third-order valence-electron chi connectivity index (χ3n) is 15.4. The summed E-state index contributed by atoms with van der Waals surface area (Å²) in [6.07, 6.45) is 12.1. The summed E-state index contributed by atoms with van der Waals surface area (Å²) in [5, 5.41) is 29.5. The van der Waals surface area contributed by atoms with Gasteiger partial charge in [0.15, 0.2) is 5.52 Å². The van der Waals surface area contributed by atoms with Gasteiger partial charge in [0.25, 0.3) is 0 Å². The molecule has 0 bridgehead atoms. The third kappa shape index (κ3) is 9.97. The van der Waals surface area contributed by atoms with Crippen molar-refractivity contribution in [3.8, 4) is 0 Å². The topological polar surface area (TPSA) is 217 Å². The first kappa shape index (κ1) is 44.3. The molecule has 16 nitrogen and oxygen atoms in total. The second-order valence-electron chi connectivity index (χ2n) is 18.5. The zero-order valence-corrected chi connectivity index (χ0v) is 35.8. The van der Waals surface area contributed by atoms with E-state index in [1.165, 1.54) is 44.6 Å². The molecule has 4 aliphatic carbocycles. The highest BCUT2D eigenvalue weighted by atomic mass is 16.6. The van der Waals surface area contributed by atoms with Gasteiger partial charge in [0.1, 0.15) is 12.6 Å². The summed E-state index contributed by atoms with van der Waals surface area (Å²) in [4.78, 5) is 40.6. The molecule has 0 spiro atoms. The minimum atomic E-state index is -0.646. The van der Waals surface area contributed by atoms with Crippen LogP contribution < -0.4 is 10.6 Å². The summed E-state index contributed by atoms with van der Waals surface area (Å²) < 4.78 is 21.2. The first-order valence-electron chi connectivity index (χ1n) is 22.3. The molecule has 4 aliphatic rings. The first-order valence-corrected chi connectivity index (χ1v) is 22.3. The van der Waals surface area contributed by atoms with Crippen molar-refractivity contribution in [1.82, 2.24) is 15.6 Å². The van der Waals surface area contributed by atoms with Gasteiger partial charge in [-0.1, -0.05) is 56.2 Å². The number of nitro benzene ring substituents is 1. The number of azide groups is 1. The van der Waals surface area contributed by atoms with Gasteiger partial charge in [0.2, 0.25) is 11.4 Å². The highest BCUT2D eigenvalue weighted by molar-refractivity contribution is 5.95. The van der Waals surface area contributed by atoms with Gasteiger partial charge in [-0.25, -0.2) is 4.63 Å². The smallest absolute Gasteiger partial charge is 0.305 e. The molecule has 1 aromatic heterocycles. The maximum Gasteiger partial charge on any atom is 0.305 e. The summed E-state index contributed by atoms with van der Waals surface area (Å²) >= 11 is 0. The van der Waals surface area contributed by atoms with Crippen molar-refractivity contribution in [3.63, 3.8) is 0 Å². The maximum absolute atomic E-state index is 14.2. The van der Waals surface area contributed by atoms with Crippen LogP contribution in [-0.4, -0.2) is 78.8 Å². The number of nitrogens with zero attached hydrogens (tertiary/aromatic N) is 6. The molecule has 0 aliphatic heterocycles. The van der Waals surface area contributed by atoms with Crippen LogP contribution in [0.15, 0.2) is 52.2 Å². The van der Waals surface area contributed by atoms with Crippen LogP contribution in [0.3, 0.4) is 0 Å². The minimum Gasteiger partial charge on any atom is -0.463 e. The van der Waals surface area contributed by atoms with Gasteiger partial charge in [0.05, 0.1) is 37.0 Å². The number of rotatable bonds is 20. The molecule has 3 aromatic rings. The Labute approximate surface area is 357 Å². The van der Waals surface area contributed by atoms with Crippen molar-refractivity contribution in [2.24, 2.45) is 51.5 Å². The number of amides is 1. The monoisotopic (exact) mass is 842 g/mol. The van der Waals surface area contributed by atoms with Gasteiger partial charge in [-0.3, -0.25) is 19.7 Å². The van der Waals surface area contributed by atoms with E-state index in [9.17, 15) is 19.7 Å². The van der Waals surface area contributed by atoms with Crippen molar-refractivity contribution < 1.29 is 33.4 Å². The van der Waals surface area contributed by atoms with E-state index in [2.05, 4.69) is 51.7 Å². The van der Waals surface area contributed by atoms with Gasteiger partial charge in [0, 0.05) is 36.4 Å². The lowest BCUT2D eigenvalue weighted by Crippen LogP contribution is -2.56. The number of carbonyl (C=O) groups excluding carboxylic acids is 2. The Morgan fingerprint density at radius 1 is 0.951 bits per heavy atom. The molecule has 4 saturated carbocycles. The Hall–Kier alpha value is -4.79. The van der Waals surface area contributed by atoms with Crippen LogP contribution in [-0.2, 0) is 30.2 Å². The zero-order valence-electron chi connectivity index (χ0n) is 35.8. The zero-order chi connectivity index (χ0) is 43.0. The Morgan fingerprint density at radius 3 is 2.48 bits per heavy atom. The van der Waals surface area contributed by atoms with E-state index < -0.39 is 11.0 Å². The number of benzene rings is 2. The molecule has 16 heteroatoms. The van der Waals surface area contributed by atoms with Crippen molar-refractivity contribution in [2.75, 3.05) is 44.9 Å². The predicted octanol–water partition coefficient (Wildman–Crippen LogP) is 8.60. The van der Waals surface area contributed by atoms with Gasteiger partial charge in [-0.2, -0.15) is 0 Å². The normalized spacial score (nSPS) is 29.0. The van der Waals surface area contributed by atoms with Crippen LogP contribution in [0, 0.1) is 56.5 Å². The summed E-state index contributed by atoms with van der Waals surface area (Å²) in [7, 11) is 0. The van der Waals surface area contributed by atoms with E-state index in [4.69, 9.17) is 24.4 Å². The largest absolute Gasteiger partial charge is 0.463 e. The quantitative estimate of drug-likeness (QED) is 0.0209. The van der Waals surface area contributed by atoms with E-state index in [0.29, 0.717) is 87.0 Å². The fourth-order valence-electron chi connectivity index (χ4n) is 12.3. The molecule has 0 radical (unpaired) electrons. The molecular formula is C45H62N8O8. The fourth-order valence-corrected chi connectivity index (χ4v) is 12.3. The molecule has 2 N–H and O–H groups in total. The standard InChI is InChI=1S/C45H62N8O8/c1-29(9-16-40(54)60-26-25-59-24-23-58-22-21-47-52-46)34-12-13-35-33-11-10-31-28-32(17-19-44(31,2)36(33)18-20-45(34,35)3)48-43(55)38(27-30-7-5-4-6-8-30)49-37-14-15-39(53(56)57)42-41(37)50-61-51-42/h4-8,14-15,29,31-36,38,49H,9-13,16-28H2,1-3H3,(H,48,55)/t29-,31-,32-,33?,34?,35?,36?,38?,44+,45-/m1/s1. The Morgan fingerprint density at radius 2 is 1.69 bits per heavy atom. The van der Waals surface area contributed by atoms with Crippen LogP contribution >= 0.6 is 0 Å². The Bertz CT molecular complexity index is 2030. The van der Waals surface area contributed by atoms with Crippen molar-refractivity contribution >= 4 is 34.3 Å². The van der Waals surface area contributed by atoms with Crippen LogP contribution in [0.4, 0.5) is 11.4 Å². The van der Waals surface area contributed by atoms with E-state index in [1.54, 1.807) is 6.07 Å². The van der Waals surface area contributed by atoms with E-state index in [0.717, 1.165) is 31.2 Å². The van der Waals surface area contributed by atoms with Gasteiger partial charge in [-0.05, 0) is 138 Å². The molecule has 1 amide bonds. The number of esters is 1. The molecule has 330 valence electrons. The van der Waals surface area contributed by atoms with E-state index in [-0.39, 0.29) is 52.1 Å². The third-order valence-corrected chi connectivity index (χ3v) is 15.4. The lowest BCUT2D eigenvalue weighted by molar-refractivity contribution is -0.383. The van der Waals surface area contributed by atoms with E-state index in [1.807, 2.05) is 30.3 Å². The molecular weight excluding hydrogens is 781 g/mol. The first-order chi connectivity index (χ1) is 29.5. The Kier molecular flexibility index (Phi) is 14.5. The number of anilines is 1. The van der Waals surface area contributed by atoms with Crippen LogP contribution in [0.5, 0.6) is 0 Å². The number of nitro groups is 1. The van der Waals surface area contributed by atoms with Crippen LogP contribution in [0.2, 0.25) is 0 Å². The number of fused-ring (bicyclic) bond motifs is 6. The highest BCUT2D eigenvalue weighted by Gasteiger charge is 2.60. The molecule has 5 unspecified atom stereocenters. The number of hydrogen-bond donors (Lipinski definition) is 2. The summed E-state index contributed by atoms with van der Waals surface area (Å²) in [5.41, 5.74) is 10.3. The predicted molar refractivity (Wildman–Crippen MR) is 228 cm³/mol. The molecule has 10 atom stereocenters. The van der Waals surface area contributed by atoms with Crippen molar-refractivity contribution in [1.29, 1.82) is 0 Å². The van der Waals surface area contributed by atoms with Crippen LogP contribution in [0.25, 0.3) is 21.5 Å². The lowest BCUT2D eigenvalue weighted by atomic mass is 9.44.